The van der Waals surface area contributed by atoms with Crippen molar-refractivity contribution < 1.29 is 4.52 Å². The first-order valence-corrected chi connectivity index (χ1v) is 7.52. The summed E-state index contributed by atoms with van der Waals surface area (Å²) in [5.41, 5.74) is 0. The highest BCUT2D eigenvalue weighted by Crippen LogP contribution is 2.23. The van der Waals surface area contributed by atoms with Gasteiger partial charge in [0.25, 0.3) is 0 Å². The summed E-state index contributed by atoms with van der Waals surface area (Å²) in [6.45, 7) is 5.49. The molecular formula is C12H21N3OS. The van der Waals surface area contributed by atoms with Crippen LogP contribution in [0.1, 0.15) is 57.3 Å². The lowest BCUT2D eigenvalue weighted by atomic mass is 10.1. The zero-order valence-corrected chi connectivity index (χ0v) is 11.4. The molecule has 1 aromatic heterocycles. The van der Waals surface area contributed by atoms with Crippen LogP contribution < -0.4 is 5.32 Å². The molecule has 1 fully saturated rings. The molecule has 2 rings (SSSR count). The first-order valence-electron chi connectivity index (χ1n) is 6.47. The summed E-state index contributed by atoms with van der Waals surface area (Å²) in [5.74, 6) is 2.45. The van der Waals surface area contributed by atoms with E-state index in [2.05, 4.69) is 29.3 Å². The second-order valence-electron chi connectivity index (χ2n) is 4.58. The van der Waals surface area contributed by atoms with Crippen LogP contribution in [0.3, 0.4) is 0 Å². The summed E-state index contributed by atoms with van der Waals surface area (Å²) in [4.78, 5) is 4.48. The molecule has 0 saturated carbocycles. The molecule has 2 atom stereocenters. The lowest BCUT2D eigenvalue weighted by Crippen LogP contribution is -2.26. The first-order chi connectivity index (χ1) is 8.29. The van der Waals surface area contributed by atoms with Crippen molar-refractivity contribution >= 4 is 11.8 Å². The van der Waals surface area contributed by atoms with E-state index >= 15 is 0 Å². The van der Waals surface area contributed by atoms with Gasteiger partial charge in [-0.15, -0.1) is 0 Å². The van der Waals surface area contributed by atoms with Gasteiger partial charge < -0.3 is 9.84 Å². The van der Waals surface area contributed by atoms with Crippen LogP contribution in [0.4, 0.5) is 0 Å². The quantitative estimate of drug-likeness (QED) is 0.876. The number of aromatic nitrogens is 2. The predicted octanol–water partition coefficient (Wildman–Crippen LogP) is 2.92. The van der Waals surface area contributed by atoms with Crippen molar-refractivity contribution in [1.82, 2.24) is 15.5 Å². The number of piperidine rings is 1. The molecular weight excluding hydrogens is 234 g/mol. The molecule has 1 saturated heterocycles. The van der Waals surface area contributed by atoms with Gasteiger partial charge in [0.1, 0.15) is 0 Å². The highest BCUT2D eigenvalue weighted by molar-refractivity contribution is 7.99. The molecule has 96 valence electrons. The summed E-state index contributed by atoms with van der Waals surface area (Å²) in [7, 11) is 0. The van der Waals surface area contributed by atoms with E-state index in [0.29, 0.717) is 5.25 Å². The van der Waals surface area contributed by atoms with Gasteiger partial charge in [-0.2, -0.15) is 16.7 Å². The van der Waals surface area contributed by atoms with Gasteiger partial charge in [0, 0.05) is 5.25 Å². The molecule has 0 radical (unpaired) electrons. The molecule has 1 unspecified atom stereocenters. The minimum Gasteiger partial charge on any atom is -0.338 e. The van der Waals surface area contributed by atoms with Crippen molar-refractivity contribution in [3.63, 3.8) is 0 Å². The van der Waals surface area contributed by atoms with Gasteiger partial charge in [-0.3, -0.25) is 0 Å². The molecule has 1 aliphatic heterocycles. The number of rotatable bonds is 5. The third-order valence-corrected chi connectivity index (χ3v) is 4.49. The molecule has 0 bridgehead atoms. The molecule has 5 heteroatoms. The highest BCUT2D eigenvalue weighted by atomic mass is 32.2. The van der Waals surface area contributed by atoms with Crippen molar-refractivity contribution in [3.05, 3.63) is 11.7 Å². The molecule has 0 aliphatic carbocycles. The molecule has 0 spiro atoms. The smallest absolute Gasteiger partial charge is 0.243 e. The highest BCUT2D eigenvalue weighted by Gasteiger charge is 2.20. The Balaban J connectivity index is 1.86. The fraction of sp³-hybridized carbons (Fsp3) is 0.833. The molecule has 0 aromatic carbocycles. The molecule has 0 amide bonds. The van der Waals surface area contributed by atoms with Gasteiger partial charge >= 0.3 is 0 Å². The number of thioether (sulfide) groups is 1. The van der Waals surface area contributed by atoms with E-state index in [-0.39, 0.29) is 6.04 Å². The van der Waals surface area contributed by atoms with Crippen molar-refractivity contribution in [2.45, 2.75) is 56.6 Å². The van der Waals surface area contributed by atoms with Gasteiger partial charge in [0.05, 0.1) is 11.8 Å². The van der Waals surface area contributed by atoms with E-state index in [1.165, 1.54) is 19.3 Å². The predicted molar refractivity (Wildman–Crippen MR) is 69.9 cm³/mol. The van der Waals surface area contributed by atoms with Gasteiger partial charge in [0.15, 0.2) is 5.82 Å². The fourth-order valence-corrected chi connectivity index (χ4v) is 2.65. The Morgan fingerprint density at radius 1 is 1.53 bits per heavy atom. The van der Waals surface area contributed by atoms with E-state index < -0.39 is 0 Å². The van der Waals surface area contributed by atoms with E-state index in [1.807, 2.05) is 11.8 Å². The standard InChI is InChI=1S/C12H21N3OS/c1-3-9(2)17-8-11-14-12(16-15-11)10-6-4-5-7-13-10/h9-10,13H,3-8H2,1-2H3/t9?,10-/m1/s1. The van der Waals surface area contributed by atoms with Crippen molar-refractivity contribution in [2.24, 2.45) is 0 Å². The lowest BCUT2D eigenvalue weighted by molar-refractivity contribution is 0.296. The first kappa shape index (κ1) is 12.9. The molecule has 17 heavy (non-hydrogen) atoms. The third kappa shape index (κ3) is 3.71. The molecule has 1 N–H and O–H groups in total. The lowest BCUT2D eigenvalue weighted by Gasteiger charge is -2.19. The maximum absolute atomic E-state index is 5.33. The fourth-order valence-electron chi connectivity index (χ4n) is 1.86. The summed E-state index contributed by atoms with van der Waals surface area (Å²) in [6.07, 6.45) is 4.79. The summed E-state index contributed by atoms with van der Waals surface area (Å²) >= 11 is 1.88. The van der Waals surface area contributed by atoms with Gasteiger partial charge in [-0.1, -0.05) is 25.4 Å². The maximum Gasteiger partial charge on any atom is 0.243 e. The van der Waals surface area contributed by atoms with Crippen LogP contribution in [0.15, 0.2) is 4.52 Å². The minimum atomic E-state index is 0.276. The monoisotopic (exact) mass is 255 g/mol. The van der Waals surface area contributed by atoms with Crippen LogP contribution in [0.25, 0.3) is 0 Å². The van der Waals surface area contributed by atoms with E-state index in [1.54, 1.807) is 0 Å². The zero-order chi connectivity index (χ0) is 12.1. The van der Waals surface area contributed by atoms with Gasteiger partial charge in [0.2, 0.25) is 5.89 Å². The van der Waals surface area contributed by atoms with Crippen LogP contribution >= 0.6 is 11.8 Å². The van der Waals surface area contributed by atoms with Crippen LogP contribution in [0.2, 0.25) is 0 Å². The number of hydrogen-bond donors (Lipinski definition) is 1. The van der Waals surface area contributed by atoms with Gasteiger partial charge in [-0.25, -0.2) is 0 Å². The van der Waals surface area contributed by atoms with Crippen LogP contribution in [0.5, 0.6) is 0 Å². The Kier molecular flexibility index (Phi) is 4.86. The molecule has 2 heterocycles. The largest absolute Gasteiger partial charge is 0.338 e. The Bertz CT molecular complexity index is 336. The number of hydrogen-bond acceptors (Lipinski definition) is 5. The van der Waals surface area contributed by atoms with Gasteiger partial charge in [-0.05, 0) is 25.8 Å². The Morgan fingerprint density at radius 2 is 2.41 bits per heavy atom. The Hall–Kier alpha value is -0.550. The van der Waals surface area contributed by atoms with Crippen LogP contribution in [0, 0.1) is 0 Å². The molecule has 4 nitrogen and oxygen atoms in total. The normalized spacial score (nSPS) is 22.6. The van der Waals surface area contributed by atoms with Crippen LogP contribution in [-0.4, -0.2) is 21.9 Å². The summed E-state index contributed by atoms with van der Waals surface area (Å²) in [5, 5.41) is 8.13. The number of nitrogens with zero attached hydrogens (tertiary/aromatic N) is 2. The molecule has 1 aliphatic rings. The average molecular weight is 255 g/mol. The van der Waals surface area contributed by atoms with Crippen molar-refractivity contribution in [3.8, 4) is 0 Å². The summed E-state index contributed by atoms with van der Waals surface area (Å²) in [6, 6.07) is 0.276. The van der Waals surface area contributed by atoms with Crippen molar-refractivity contribution in [1.29, 1.82) is 0 Å². The summed E-state index contributed by atoms with van der Waals surface area (Å²) < 4.78 is 5.33. The Morgan fingerprint density at radius 3 is 3.12 bits per heavy atom. The van der Waals surface area contributed by atoms with Crippen molar-refractivity contribution in [2.75, 3.05) is 6.54 Å². The average Bonchev–Trinajstić information content (AvgIpc) is 2.86. The van der Waals surface area contributed by atoms with Crippen LogP contribution in [-0.2, 0) is 5.75 Å². The Labute approximate surface area is 107 Å². The second-order valence-corrected chi connectivity index (χ2v) is 6.01. The maximum atomic E-state index is 5.33. The third-order valence-electron chi connectivity index (χ3n) is 3.16. The van der Waals surface area contributed by atoms with E-state index in [9.17, 15) is 0 Å². The molecule has 1 aromatic rings. The van der Waals surface area contributed by atoms with E-state index in [4.69, 9.17) is 4.52 Å². The number of nitrogens with one attached hydrogen (secondary N) is 1. The topological polar surface area (TPSA) is 51.0 Å². The minimum absolute atomic E-state index is 0.276. The van der Waals surface area contributed by atoms with E-state index in [0.717, 1.165) is 30.4 Å². The SMILES string of the molecule is CCC(C)SCc1noc([C@H]2CCCCN2)n1. The zero-order valence-electron chi connectivity index (χ0n) is 10.6. The second kappa shape index (κ2) is 6.40.